The number of thioether (sulfide) groups is 1. The minimum Gasteiger partial charge on any atom is -0.340 e. The van der Waals surface area contributed by atoms with Gasteiger partial charge in [0.05, 0.1) is 6.04 Å². The Morgan fingerprint density at radius 1 is 1.47 bits per heavy atom. The van der Waals surface area contributed by atoms with Crippen molar-refractivity contribution in [3.8, 4) is 0 Å². The minimum atomic E-state index is 0.0652. The molecule has 2 saturated heterocycles. The summed E-state index contributed by atoms with van der Waals surface area (Å²) >= 11 is 1.82. The highest BCUT2D eigenvalue weighted by Gasteiger charge is 2.33. The maximum absolute atomic E-state index is 12.2. The average molecular weight is 257 g/mol. The van der Waals surface area contributed by atoms with E-state index in [0.29, 0.717) is 11.9 Å². The van der Waals surface area contributed by atoms with Gasteiger partial charge in [0.1, 0.15) is 0 Å². The zero-order valence-corrected chi connectivity index (χ0v) is 11.6. The third-order valence-corrected chi connectivity index (χ3v) is 4.76. The molecule has 0 aromatic heterocycles. The summed E-state index contributed by atoms with van der Waals surface area (Å²) < 4.78 is 0. The SMILES string of the molecule is CCN(CC)C1CCN(C(=O)C2CSCN2)C1. The molecular weight excluding hydrogens is 234 g/mol. The number of likely N-dealkylation sites (tertiary alicyclic amines) is 1. The Morgan fingerprint density at radius 3 is 2.82 bits per heavy atom. The zero-order chi connectivity index (χ0) is 12.3. The number of nitrogens with zero attached hydrogens (tertiary/aromatic N) is 2. The van der Waals surface area contributed by atoms with Crippen molar-refractivity contribution in [2.24, 2.45) is 0 Å². The molecule has 98 valence electrons. The Balaban J connectivity index is 1.86. The van der Waals surface area contributed by atoms with Crippen LogP contribution in [0.2, 0.25) is 0 Å². The molecule has 0 aliphatic carbocycles. The van der Waals surface area contributed by atoms with Gasteiger partial charge >= 0.3 is 0 Å². The summed E-state index contributed by atoms with van der Waals surface area (Å²) in [5.41, 5.74) is 0. The van der Waals surface area contributed by atoms with Gasteiger partial charge in [0.2, 0.25) is 5.91 Å². The smallest absolute Gasteiger partial charge is 0.240 e. The van der Waals surface area contributed by atoms with Crippen LogP contribution in [0.4, 0.5) is 0 Å². The van der Waals surface area contributed by atoms with Crippen LogP contribution in [0.1, 0.15) is 20.3 Å². The number of rotatable bonds is 4. The predicted octanol–water partition coefficient (Wildman–Crippen LogP) is 0.592. The monoisotopic (exact) mass is 257 g/mol. The summed E-state index contributed by atoms with van der Waals surface area (Å²) in [6, 6.07) is 0.637. The molecule has 2 rings (SSSR count). The summed E-state index contributed by atoms with van der Waals surface area (Å²) in [5, 5.41) is 3.26. The van der Waals surface area contributed by atoms with E-state index in [1.165, 1.54) is 0 Å². The molecule has 0 spiro atoms. The molecule has 0 saturated carbocycles. The first-order chi connectivity index (χ1) is 8.26. The van der Waals surface area contributed by atoms with Gasteiger partial charge in [0.15, 0.2) is 0 Å². The van der Waals surface area contributed by atoms with Crippen molar-refractivity contribution in [1.29, 1.82) is 0 Å². The Hall–Kier alpha value is -0.260. The van der Waals surface area contributed by atoms with Crippen LogP contribution in [0.3, 0.4) is 0 Å². The lowest BCUT2D eigenvalue weighted by Crippen LogP contribution is -2.45. The topological polar surface area (TPSA) is 35.6 Å². The van der Waals surface area contributed by atoms with Crippen LogP contribution >= 0.6 is 11.8 Å². The number of nitrogens with one attached hydrogen (secondary N) is 1. The highest BCUT2D eigenvalue weighted by Crippen LogP contribution is 2.19. The van der Waals surface area contributed by atoms with Crippen LogP contribution in [0, 0.1) is 0 Å². The van der Waals surface area contributed by atoms with Crippen LogP contribution in [-0.4, -0.2) is 65.6 Å². The molecule has 2 fully saturated rings. The zero-order valence-electron chi connectivity index (χ0n) is 10.8. The molecule has 0 aromatic carbocycles. The molecule has 1 N–H and O–H groups in total. The fourth-order valence-electron chi connectivity index (χ4n) is 2.75. The van der Waals surface area contributed by atoms with Gasteiger partial charge in [-0.3, -0.25) is 15.0 Å². The number of carbonyl (C=O) groups is 1. The van der Waals surface area contributed by atoms with Crippen LogP contribution in [0.15, 0.2) is 0 Å². The van der Waals surface area contributed by atoms with E-state index in [4.69, 9.17) is 0 Å². The number of hydrogen-bond donors (Lipinski definition) is 1. The van der Waals surface area contributed by atoms with E-state index in [9.17, 15) is 4.79 Å². The first kappa shape index (κ1) is 13.2. The molecule has 2 aliphatic rings. The van der Waals surface area contributed by atoms with Crippen LogP contribution in [-0.2, 0) is 4.79 Å². The highest BCUT2D eigenvalue weighted by atomic mass is 32.2. The fraction of sp³-hybridized carbons (Fsp3) is 0.917. The summed E-state index contributed by atoms with van der Waals surface area (Å²) in [5.74, 6) is 2.17. The molecule has 4 nitrogen and oxygen atoms in total. The molecule has 2 aliphatic heterocycles. The summed E-state index contributed by atoms with van der Waals surface area (Å²) in [4.78, 5) is 16.7. The molecule has 5 heteroatoms. The van der Waals surface area contributed by atoms with Crippen LogP contribution < -0.4 is 5.32 Å². The Bertz CT molecular complexity index is 264. The van der Waals surface area contributed by atoms with E-state index < -0.39 is 0 Å². The highest BCUT2D eigenvalue weighted by molar-refractivity contribution is 7.99. The molecule has 2 unspecified atom stereocenters. The standard InChI is InChI=1S/C12H23N3OS/c1-3-14(4-2)10-5-6-15(7-10)12(16)11-8-17-9-13-11/h10-11,13H,3-9H2,1-2H3. The molecule has 2 heterocycles. The number of likely N-dealkylation sites (N-methyl/N-ethyl adjacent to an activating group) is 1. The Morgan fingerprint density at radius 2 is 2.24 bits per heavy atom. The maximum atomic E-state index is 12.2. The molecule has 0 bridgehead atoms. The average Bonchev–Trinajstić information content (AvgIpc) is 3.01. The normalized spacial score (nSPS) is 29.2. The second-order valence-electron chi connectivity index (χ2n) is 4.72. The largest absolute Gasteiger partial charge is 0.340 e. The Kier molecular flexibility index (Phi) is 4.70. The van der Waals surface area contributed by atoms with E-state index in [-0.39, 0.29) is 6.04 Å². The van der Waals surface area contributed by atoms with Crippen LogP contribution in [0.5, 0.6) is 0 Å². The molecular formula is C12H23N3OS. The van der Waals surface area contributed by atoms with Crippen molar-refractivity contribution in [3.05, 3.63) is 0 Å². The molecule has 0 radical (unpaired) electrons. The van der Waals surface area contributed by atoms with Gasteiger partial charge in [-0.1, -0.05) is 13.8 Å². The van der Waals surface area contributed by atoms with Crippen molar-refractivity contribution < 1.29 is 4.79 Å². The van der Waals surface area contributed by atoms with Gasteiger partial charge in [-0.25, -0.2) is 0 Å². The third kappa shape index (κ3) is 2.95. The lowest BCUT2D eigenvalue weighted by molar-refractivity contribution is -0.131. The van der Waals surface area contributed by atoms with Gasteiger partial charge in [0.25, 0.3) is 0 Å². The molecule has 2 atom stereocenters. The van der Waals surface area contributed by atoms with E-state index in [2.05, 4.69) is 24.1 Å². The van der Waals surface area contributed by atoms with Gasteiger partial charge in [-0.05, 0) is 19.5 Å². The van der Waals surface area contributed by atoms with E-state index >= 15 is 0 Å². The summed E-state index contributed by atoms with van der Waals surface area (Å²) in [7, 11) is 0. The molecule has 17 heavy (non-hydrogen) atoms. The predicted molar refractivity (Wildman–Crippen MR) is 72.2 cm³/mol. The summed E-state index contributed by atoms with van der Waals surface area (Å²) in [6.07, 6.45) is 1.13. The lowest BCUT2D eigenvalue weighted by Gasteiger charge is -2.26. The number of carbonyl (C=O) groups excluding carboxylic acids is 1. The van der Waals surface area contributed by atoms with Crippen molar-refractivity contribution in [2.45, 2.75) is 32.4 Å². The Labute approximate surface area is 108 Å². The van der Waals surface area contributed by atoms with E-state index in [1.807, 2.05) is 16.7 Å². The van der Waals surface area contributed by atoms with Gasteiger partial charge in [0, 0.05) is 30.8 Å². The fourth-order valence-corrected chi connectivity index (χ4v) is 3.69. The van der Waals surface area contributed by atoms with Gasteiger partial charge in [-0.15, -0.1) is 11.8 Å². The number of amides is 1. The van der Waals surface area contributed by atoms with Crippen molar-refractivity contribution in [2.75, 3.05) is 37.8 Å². The quantitative estimate of drug-likeness (QED) is 0.800. The molecule has 0 aromatic rings. The van der Waals surface area contributed by atoms with Gasteiger partial charge in [-0.2, -0.15) is 0 Å². The second-order valence-corrected chi connectivity index (χ2v) is 5.75. The second kappa shape index (κ2) is 6.07. The lowest BCUT2D eigenvalue weighted by atomic mass is 10.2. The van der Waals surface area contributed by atoms with Crippen molar-refractivity contribution in [3.63, 3.8) is 0 Å². The third-order valence-electron chi connectivity index (χ3n) is 3.82. The summed E-state index contributed by atoms with van der Waals surface area (Å²) in [6.45, 7) is 8.42. The van der Waals surface area contributed by atoms with Crippen molar-refractivity contribution >= 4 is 17.7 Å². The first-order valence-electron chi connectivity index (χ1n) is 6.60. The maximum Gasteiger partial charge on any atom is 0.240 e. The van der Waals surface area contributed by atoms with E-state index in [0.717, 1.165) is 44.2 Å². The number of hydrogen-bond acceptors (Lipinski definition) is 4. The first-order valence-corrected chi connectivity index (χ1v) is 7.75. The van der Waals surface area contributed by atoms with Crippen LogP contribution in [0.25, 0.3) is 0 Å². The minimum absolute atomic E-state index is 0.0652. The molecule has 1 amide bonds. The van der Waals surface area contributed by atoms with E-state index in [1.54, 1.807) is 0 Å². The van der Waals surface area contributed by atoms with Crippen molar-refractivity contribution in [1.82, 2.24) is 15.1 Å². The van der Waals surface area contributed by atoms with Gasteiger partial charge < -0.3 is 4.90 Å².